The van der Waals surface area contributed by atoms with Gasteiger partial charge in [-0.1, -0.05) is 12.1 Å². The first kappa shape index (κ1) is 14.1. The number of hydrogen-bond acceptors (Lipinski definition) is 3. The van der Waals surface area contributed by atoms with E-state index in [9.17, 15) is 4.79 Å². The molecule has 0 fully saturated rings. The van der Waals surface area contributed by atoms with Gasteiger partial charge in [0.25, 0.3) is 0 Å². The third-order valence-electron chi connectivity index (χ3n) is 1.71. The fraction of sp³-hybridized carbons (Fsp3) is 0.222. The molecule has 1 rings (SSSR count). The van der Waals surface area contributed by atoms with E-state index in [0.29, 0.717) is 0 Å². The van der Waals surface area contributed by atoms with Crippen LogP contribution in [0.2, 0.25) is 0 Å². The Hall–Kier alpha value is 0.0864. The zero-order valence-electron chi connectivity index (χ0n) is 6.97. The Balaban J connectivity index is 0.00000169. The zero-order chi connectivity index (χ0) is 9.84. The maximum absolute atomic E-state index is 10.4. The summed E-state index contributed by atoms with van der Waals surface area (Å²) in [5.74, 6) is -0.860. The summed E-state index contributed by atoms with van der Waals surface area (Å²) in [5.41, 5.74) is 6.12. The first-order chi connectivity index (χ1) is 6.09. The molecule has 0 radical (unpaired) electrons. The van der Waals surface area contributed by atoms with E-state index < -0.39 is 12.0 Å². The van der Waals surface area contributed by atoms with E-state index in [0.717, 1.165) is 5.56 Å². The molecule has 72 valence electrons. The van der Waals surface area contributed by atoms with Crippen LogP contribution in [0.1, 0.15) is 5.56 Å². The van der Waals surface area contributed by atoms with Gasteiger partial charge in [-0.15, -0.1) is 0 Å². The summed E-state index contributed by atoms with van der Waals surface area (Å²) in [6.07, 6.45) is 0.273. The van der Waals surface area contributed by atoms with Gasteiger partial charge >= 0.3 is 57.4 Å². The van der Waals surface area contributed by atoms with Crippen molar-refractivity contribution in [1.29, 1.82) is 0 Å². The van der Waals surface area contributed by atoms with E-state index in [1.807, 2.05) is 0 Å². The van der Waals surface area contributed by atoms with E-state index in [1.54, 1.807) is 12.1 Å². The van der Waals surface area contributed by atoms with Crippen LogP contribution < -0.4 is 5.73 Å². The van der Waals surface area contributed by atoms with Gasteiger partial charge in [0, 0.05) is 0 Å². The van der Waals surface area contributed by atoms with Gasteiger partial charge in [-0.3, -0.25) is 4.79 Å². The van der Waals surface area contributed by atoms with Crippen molar-refractivity contribution in [3.8, 4) is 5.75 Å². The molecule has 0 spiro atoms. The molecular weight excluding hydrogens is 209 g/mol. The summed E-state index contributed by atoms with van der Waals surface area (Å²) >= 11 is 0. The predicted octanol–water partition coefficient (Wildman–Crippen LogP) is -0.302. The number of benzene rings is 1. The average Bonchev–Trinajstić information content (AvgIpc) is 2.08. The number of carboxylic acids is 1. The van der Waals surface area contributed by atoms with Crippen molar-refractivity contribution in [2.24, 2.45) is 5.73 Å². The SMILES string of the molecule is N[C@@H](Cc1ccc(O)cc1)C(=O)O.[KH]. The van der Waals surface area contributed by atoms with Crippen molar-refractivity contribution in [2.75, 3.05) is 0 Å². The van der Waals surface area contributed by atoms with Crippen LogP contribution >= 0.6 is 0 Å². The Morgan fingerprint density at radius 1 is 1.36 bits per heavy atom. The molecule has 0 unspecified atom stereocenters. The number of nitrogens with two attached hydrogens (primary N) is 1. The fourth-order valence-electron chi connectivity index (χ4n) is 0.973. The molecule has 1 atom stereocenters. The summed E-state index contributed by atoms with van der Waals surface area (Å²) in [5, 5.41) is 17.5. The van der Waals surface area contributed by atoms with Crippen LogP contribution in [0.4, 0.5) is 0 Å². The fourth-order valence-corrected chi connectivity index (χ4v) is 0.973. The predicted molar refractivity (Wildman–Crippen MR) is 54.6 cm³/mol. The second kappa shape index (κ2) is 6.55. The Kier molecular flexibility index (Phi) is 6.59. The van der Waals surface area contributed by atoms with Crippen molar-refractivity contribution in [3.05, 3.63) is 29.8 Å². The Bertz CT molecular complexity index is 299. The topological polar surface area (TPSA) is 83.5 Å². The standard InChI is InChI=1S/C9H11NO3.K.H/c10-8(9(12)13)5-6-1-3-7(11)4-2-6;;/h1-4,8,11H,5,10H2,(H,12,13);;/t8-;;/m0../s1. The average molecular weight is 221 g/mol. The number of carbonyl (C=O) groups is 1. The van der Waals surface area contributed by atoms with Gasteiger partial charge in [-0.2, -0.15) is 0 Å². The molecule has 0 aliphatic carbocycles. The van der Waals surface area contributed by atoms with Gasteiger partial charge in [-0.25, -0.2) is 0 Å². The van der Waals surface area contributed by atoms with Crippen molar-refractivity contribution in [2.45, 2.75) is 12.5 Å². The molecule has 4 nitrogen and oxygen atoms in total. The Morgan fingerprint density at radius 2 is 1.86 bits per heavy atom. The molecule has 1 aromatic carbocycles. The Labute approximate surface area is 125 Å². The monoisotopic (exact) mass is 221 g/mol. The molecule has 14 heavy (non-hydrogen) atoms. The summed E-state index contributed by atoms with van der Waals surface area (Å²) in [7, 11) is 0. The molecule has 4 N–H and O–H groups in total. The van der Waals surface area contributed by atoms with Crippen LogP contribution in [0.3, 0.4) is 0 Å². The summed E-state index contributed by atoms with van der Waals surface area (Å²) in [6.45, 7) is 0. The van der Waals surface area contributed by atoms with Gasteiger partial charge in [0.1, 0.15) is 11.8 Å². The number of carboxylic acid groups (broad SMARTS) is 1. The van der Waals surface area contributed by atoms with E-state index in [1.165, 1.54) is 12.1 Å². The number of phenols is 1. The normalized spacial score (nSPS) is 11.5. The second-order valence-electron chi connectivity index (χ2n) is 2.82. The van der Waals surface area contributed by atoms with E-state index in [4.69, 9.17) is 15.9 Å². The number of aliphatic carboxylic acids is 1. The molecule has 0 saturated heterocycles. The zero-order valence-corrected chi connectivity index (χ0v) is 6.97. The molecule has 0 amide bonds. The van der Waals surface area contributed by atoms with E-state index in [2.05, 4.69) is 0 Å². The summed E-state index contributed by atoms with van der Waals surface area (Å²) in [4.78, 5) is 10.4. The van der Waals surface area contributed by atoms with Crippen molar-refractivity contribution in [1.82, 2.24) is 0 Å². The van der Waals surface area contributed by atoms with Crippen LogP contribution in [-0.2, 0) is 11.2 Å². The first-order valence-electron chi connectivity index (χ1n) is 3.86. The molecule has 0 aliphatic heterocycles. The molecule has 0 saturated carbocycles. The summed E-state index contributed by atoms with van der Waals surface area (Å²) < 4.78 is 0. The van der Waals surface area contributed by atoms with Gasteiger partial charge in [0.2, 0.25) is 0 Å². The van der Waals surface area contributed by atoms with Crippen LogP contribution in [-0.4, -0.2) is 73.6 Å². The number of aromatic hydroxyl groups is 1. The van der Waals surface area contributed by atoms with E-state index in [-0.39, 0.29) is 63.6 Å². The number of hydrogen-bond donors (Lipinski definition) is 3. The minimum absolute atomic E-state index is 0. The first-order valence-corrected chi connectivity index (χ1v) is 3.86. The van der Waals surface area contributed by atoms with Crippen molar-refractivity contribution in [3.63, 3.8) is 0 Å². The molecule has 0 aromatic heterocycles. The van der Waals surface area contributed by atoms with Gasteiger partial charge in [-0.05, 0) is 24.1 Å². The van der Waals surface area contributed by atoms with Gasteiger partial charge in [0.05, 0.1) is 0 Å². The van der Waals surface area contributed by atoms with Gasteiger partial charge in [0.15, 0.2) is 0 Å². The van der Waals surface area contributed by atoms with Gasteiger partial charge < -0.3 is 15.9 Å². The molecule has 0 heterocycles. The van der Waals surface area contributed by atoms with Crippen LogP contribution in [0.15, 0.2) is 24.3 Å². The third-order valence-corrected chi connectivity index (χ3v) is 1.71. The van der Waals surface area contributed by atoms with E-state index >= 15 is 0 Å². The molecule has 0 aliphatic rings. The van der Waals surface area contributed by atoms with Crippen LogP contribution in [0, 0.1) is 0 Å². The van der Waals surface area contributed by atoms with Crippen molar-refractivity contribution >= 4 is 57.4 Å². The van der Waals surface area contributed by atoms with Crippen LogP contribution in [0.5, 0.6) is 5.75 Å². The van der Waals surface area contributed by atoms with Crippen molar-refractivity contribution < 1.29 is 15.0 Å². The van der Waals surface area contributed by atoms with Crippen LogP contribution in [0.25, 0.3) is 0 Å². The summed E-state index contributed by atoms with van der Waals surface area (Å²) in [6, 6.07) is 5.42. The third kappa shape index (κ3) is 4.54. The molecule has 0 bridgehead atoms. The second-order valence-corrected chi connectivity index (χ2v) is 2.82. The minimum atomic E-state index is -1.02. The Morgan fingerprint density at radius 3 is 2.29 bits per heavy atom. The maximum atomic E-state index is 10.4. The number of phenolic OH excluding ortho intramolecular Hbond substituents is 1. The molecule has 1 aromatic rings. The molecular formula is C9H12KNO3. The quantitative estimate of drug-likeness (QED) is 0.612. The number of rotatable bonds is 3. The molecule has 5 heteroatoms.